The molecular weight excluding hydrogens is 294 g/mol. The van der Waals surface area contributed by atoms with Gasteiger partial charge in [-0.3, -0.25) is 4.79 Å². The predicted octanol–water partition coefficient (Wildman–Crippen LogP) is 0.558. The van der Waals surface area contributed by atoms with Crippen LogP contribution >= 0.6 is 11.8 Å². The minimum Gasteiger partial charge on any atom is -0.467 e. The second-order valence-electron chi connectivity index (χ2n) is 4.93. The first-order valence-corrected chi connectivity index (χ1v) is 7.86. The number of hydrogen-bond donors (Lipinski definition) is 1. The molecule has 8 nitrogen and oxygen atoms in total. The molecule has 1 amide bonds. The highest BCUT2D eigenvalue weighted by Gasteiger charge is 2.25. The molecule has 0 bridgehead atoms. The maximum absolute atomic E-state index is 11.6. The van der Waals surface area contributed by atoms with Gasteiger partial charge in [-0.15, -0.1) is 5.10 Å². The summed E-state index contributed by atoms with van der Waals surface area (Å²) >= 11 is 1.35. The summed E-state index contributed by atoms with van der Waals surface area (Å²) in [6.45, 7) is 1.36. The molecule has 0 aromatic carbocycles. The largest absolute Gasteiger partial charge is 0.467 e. The minimum atomic E-state index is -0.703. The number of nitrogens with one attached hydrogen (secondary N) is 1. The average molecular weight is 313 g/mol. The van der Waals surface area contributed by atoms with Crippen LogP contribution < -0.4 is 5.32 Å². The first-order chi connectivity index (χ1) is 10.1. The van der Waals surface area contributed by atoms with E-state index >= 15 is 0 Å². The van der Waals surface area contributed by atoms with E-state index in [1.54, 1.807) is 0 Å². The molecule has 0 radical (unpaired) electrons. The Balaban J connectivity index is 1.98. The summed E-state index contributed by atoms with van der Waals surface area (Å²) in [6.07, 6.45) is 4.52. The normalized spacial score (nSPS) is 16.7. The van der Waals surface area contributed by atoms with Crippen molar-refractivity contribution in [2.75, 3.05) is 12.9 Å². The zero-order chi connectivity index (χ0) is 15.2. The van der Waals surface area contributed by atoms with Gasteiger partial charge in [0.15, 0.2) is 0 Å². The number of aromatic nitrogens is 4. The van der Waals surface area contributed by atoms with Crippen LogP contribution in [0.1, 0.15) is 38.6 Å². The Morgan fingerprint density at radius 1 is 1.48 bits per heavy atom. The monoisotopic (exact) mass is 313 g/mol. The third kappa shape index (κ3) is 4.16. The van der Waals surface area contributed by atoms with Gasteiger partial charge in [-0.1, -0.05) is 24.6 Å². The molecule has 1 atom stereocenters. The number of nitrogens with zero attached hydrogens (tertiary/aromatic N) is 4. The van der Waals surface area contributed by atoms with Gasteiger partial charge in [-0.05, 0) is 23.3 Å². The van der Waals surface area contributed by atoms with Crippen molar-refractivity contribution in [1.82, 2.24) is 25.5 Å². The third-order valence-electron chi connectivity index (χ3n) is 3.38. The molecule has 0 spiro atoms. The van der Waals surface area contributed by atoms with E-state index in [-0.39, 0.29) is 5.91 Å². The molecular formula is C12H19N5O3S. The van der Waals surface area contributed by atoms with E-state index in [4.69, 9.17) is 0 Å². The van der Waals surface area contributed by atoms with Crippen molar-refractivity contribution in [3.05, 3.63) is 0 Å². The van der Waals surface area contributed by atoms with Gasteiger partial charge in [0.25, 0.3) is 0 Å². The van der Waals surface area contributed by atoms with Crippen LogP contribution in [0, 0.1) is 0 Å². The molecule has 0 saturated heterocycles. The molecule has 0 aliphatic heterocycles. The topological polar surface area (TPSA) is 99.0 Å². The highest BCUT2D eigenvalue weighted by Crippen LogP contribution is 2.31. The quantitative estimate of drug-likeness (QED) is 0.605. The number of hydrogen-bond acceptors (Lipinski definition) is 7. The Labute approximate surface area is 127 Å². The van der Waals surface area contributed by atoms with Gasteiger partial charge >= 0.3 is 5.97 Å². The fourth-order valence-electron chi connectivity index (χ4n) is 2.37. The van der Waals surface area contributed by atoms with E-state index in [0.29, 0.717) is 17.0 Å². The molecule has 1 saturated carbocycles. The van der Waals surface area contributed by atoms with E-state index in [1.807, 2.05) is 4.68 Å². The summed E-state index contributed by atoms with van der Waals surface area (Å²) in [7, 11) is 1.30. The van der Waals surface area contributed by atoms with Crippen molar-refractivity contribution >= 4 is 23.6 Å². The maximum atomic E-state index is 11.6. The Morgan fingerprint density at radius 3 is 2.81 bits per heavy atom. The molecule has 1 unspecified atom stereocenters. The number of methoxy groups -OCH3 is 1. The zero-order valence-corrected chi connectivity index (χ0v) is 12.9. The van der Waals surface area contributed by atoms with Crippen molar-refractivity contribution in [3.8, 4) is 0 Å². The number of amides is 1. The number of ether oxygens (including phenoxy) is 1. The summed E-state index contributed by atoms with van der Waals surface area (Å²) in [5, 5.41) is 15.0. The molecule has 116 valence electrons. The SMILES string of the molecule is COC(=O)C(CSc1nnnn1C1CCCC1)NC(C)=O. The molecule has 1 aromatic heterocycles. The number of tetrazole rings is 1. The van der Waals surface area contributed by atoms with Gasteiger partial charge in [-0.2, -0.15) is 0 Å². The second kappa shape index (κ2) is 7.39. The molecule has 1 heterocycles. The summed E-state index contributed by atoms with van der Waals surface area (Å²) < 4.78 is 6.51. The number of rotatable bonds is 6. The molecule has 1 aromatic rings. The van der Waals surface area contributed by atoms with Crippen molar-refractivity contribution < 1.29 is 14.3 Å². The van der Waals surface area contributed by atoms with E-state index in [0.717, 1.165) is 12.8 Å². The smallest absolute Gasteiger partial charge is 0.329 e. The lowest BCUT2D eigenvalue weighted by Crippen LogP contribution is -2.42. The molecule has 1 N–H and O–H groups in total. The summed E-state index contributed by atoms with van der Waals surface area (Å²) in [5.41, 5.74) is 0. The van der Waals surface area contributed by atoms with Crippen LogP contribution in [-0.4, -0.2) is 51.0 Å². The molecule has 9 heteroatoms. The summed E-state index contributed by atoms with van der Waals surface area (Å²) in [4.78, 5) is 22.8. The van der Waals surface area contributed by atoms with Crippen molar-refractivity contribution in [3.63, 3.8) is 0 Å². The molecule has 2 rings (SSSR count). The van der Waals surface area contributed by atoms with Crippen LogP contribution in [0.25, 0.3) is 0 Å². The number of esters is 1. The number of carbonyl (C=O) groups is 2. The highest BCUT2D eigenvalue weighted by molar-refractivity contribution is 7.99. The van der Waals surface area contributed by atoms with Crippen LogP contribution in [-0.2, 0) is 14.3 Å². The Kier molecular flexibility index (Phi) is 5.54. The van der Waals surface area contributed by atoms with Crippen LogP contribution in [0.2, 0.25) is 0 Å². The van der Waals surface area contributed by atoms with E-state index in [9.17, 15) is 9.59 Å². The first kappa shape index (κ1) is 15.7. The van der Waals surface area contributed by atoms with Gasteiger partial charge in [0.05, 0.1) is 13.2 Å². The lowest BCUT2D eigenvalue weighted by Gasteiger charge is -2.15. The van der Waals surface area contributed by atoms with Gasteiger partial charge in [0.1, 0.15) is 6.04 Å². The summed E-state index contributed by atoms with van der Waals surface area (Å²) in [6, 6.07) is -0.369. The van der Waals surface area contributed by atoms with Gasteiger partial charge in [-0.25, -0.2) is 9.48 Å². The zero-order valence-electron chi connectivity index (χ0n) is 12.1. The fraction of sp³-hybridized carbons (Fsp3) is 0.750. The Morgan fingerprint density at radius 2 is 2.19 bits per heavy atom. The standard InChI is InChI=1S/C12H19N5O3S/c1-8(18)13-10(11(19)20-2)7-21-12-14-15-16-17(12)9-5-3-4-6-9/h9-10H,3-7H2,1-2H3,(H,13,18). The van der Waals surface area contributed by atoms with Crippen LogP contribution in [0.15, 0.2) is 5.16 Å². The van der Waals surface area contributed by atoms with Crippen LogP contribution in [0.3, 0.4) is 0 Å². The third-order valence-corrected chi connectivity index (χ3v) is 4.40. The van der Waals surface area contributed by atoms with E-state index in [1.165, 1.54) is 38.6 Å². The van der Waals surface area contributed by atoms with Crippen molar-refractivity contribution in [2.24, 2.45) is 0 Å². The van der Waals surface area contributed by atoms with Gasteiger partial charge in [0, 0.05) is 12.7 Å². The van der Waals surface area contributed by atoms with Crippen molar-refractivity contribution in [2.45, 2.75) is 49.8 Å². The Hall–Kier alpha value is -1.64. The molecule has 21 heavy (non-hydrogen) atoms. The molecule has 1 aliphatic carbocycles. The van der Waals surface area contributed by atoms with E-state index in [2.05, 4.69) is 25.6 Å². The average Bonchev–Trinajstić information content (AvgIpc) is 3.12. The Bertz CT molecular complexity index is 501. The minimum absolute atomic E-state index is 0.276. The highest BCUT2D eigenvalue weighted by atomic mass is 32.2. The van der Waals surface area contributed by atoms with Gasteiger partial charge < -0.3 is 10.1 Å². The number of carbonyl (C=O) groups excluding carboxylic acids is 2. The molecule has 1 aliphatic rings. The second-order valence-corrected chi connectivity index (χ2v) is 5.92. The van der Waals surface area contributed by atoms with Crippen LogP contribution in [0.5, 0.6) is 0 Å². The van der Waals surface area contributed by atoms with Crippen LogP contribution in [0.4, 0.5) is 0 Å². The lowest BCUT2D eigenvalue weighted by atomic mass is 10.3. The van der Waals surface area contributed by atoms with Crippen molar-refractivity contribution in [1.29, 1.82) is 0 Å². The lowest BCUT2D eigenvalue weighted by molar-refractivity contribution is -0.144. The van der Waals surface area contributed by atoms with E-state index < -0.39 is 12.0 Å². The first-order valence-electron chi connectivity index (χ1n) is 6.87. The fourth-order valence-corrected chi connectivity index (χ4v) is 3.32. The number of thioether (sulfide) groups is 1. The molecule has 1 fully saturated rings. The predicted molar refractivity (Wildman–Crippen MR) is 75.7 cm³/mol. The summed E-state index contributed by atoms with van der Waals surface area (Å²) in [5.74, 6) is -0.418. The maximum Gasteiger partial charge on any atom is 0.329 e. The van der Waals surface area contributed by atoms with Gasteiger partial charge in [0.2, 0.25) is 11.1 Å².